The standard InChI is InChI=1S/C29H23F2N3O2/c1-33-16-6-9-26(29(33)35)25(27-17-23(30)12-15-28(27)31)8-5-3-4-7-22-18-32-34(20-22)19-21-10-13-24(36-2)14-11-21/h6,9-18,20,25H,8,19H2,1-2H3. The largest absolute Gasteiger partial charge is 0.497 e. The lowest BCUT2D eigenvalue weighted by Crippen LogP contribution is -2.23. The number of halogens is 2. The Kier molecular flexibility index (Phi) is 7.63. The van der Waals surface area contributed by atoms with Crippen LogP contribution in [0.1, 0.15) is 34.6 Å². The quantitative estimate of drug-likeness (QED) is 0.380. The van der Waals surface area contributed by atoms with E-state index >= 15 is 0 Å². The highest BCUT2D eigenvalue weighted by molar-refractivity contribution is 5.39. The number of hydrogen-bond acceptors (Lipinski definition) is 3. The first-order chi connectivity index (χ1) is 17.4. The van der Waals surface area contributed by atoms with Crippen molar-refractivity contribution >= 4 is 0 Å². The lowest BCUT2D eigenvalue weighted by molar-refractivity contribution is 0.414. The first kappa shape index (κ1) is 24.5. The number of rotatable bonds is 6. The Balaban J connectivity index is 1.50. The van der Waals surface area contributed by atoms with Gasteiger partial charge in [0.2, 0.25) is 0 Å². The van der Waals surface area contributed by atoms with Crippen molar-refractivity contribution < 1.29 is 13.5 Å². The number of pyridine rings is 1. The molecule has 0 aliphatic rings. The zero-order valence-corrected chi connectivity index (χ0v) is 19.8. The van der Waals surface area contributed by atoms with Crippen LogP contribution in [0.25, 0.3) is 0 Å². The van der Waals surface area contributed by atoms with Crippen molar-refractivity contribution in [1.29, 1.82) is 0 Å². The molecule has 1 atom stereocenters. The Morgan fingerprint density at radius 1 is 1.06 bits per heavy atom. The van der Waals surface area contributed by atoms with Gasteiger partial charge in [-0.15, -0.1) is 0 Å². The van der Waals surface area contributed by atoms with Gasteiger partial charge in [-0.1, -0.05) is 24.1 Å². The Labute approximate surface area is 208 Å². The Hall–Kier alpha value is -4.62. The minimum absolute atomic E-state index is 0.0837. The van der Waals surface area contributed by atoms with Crippen LogP contribution < -0.4 is 10.3 Å². The van der Waals surface area contributed by atoms with E-state index in [1.165, 1.54) is 4.57 Å². The minimum atomic E-state index is -0.734. The molecule has 2 aromatic carbocycles. The summed E-state index contributed by atoms with van der Waals surface area (Å²) in [6.07, 6.45) is 5.18. The molecule has 0 radical (unpaired) electrons. The van der Waals surface area contributed by atoms with Crippen LogP contribution in [-0.4, -0.2) is 21.5 Å². The first-order valence-electron chi connectivity index (χ1n) is 11.2. The maximum atomic E-state index is 14.6. The van der Waals surface area contributed by atoms with E-state index in [9.17, 15) is 13.6 Å². The molecule has 36 heavy (non-hydrogen) atoms. The van der Waals surface area contributed by atoms with Gasteiger partial charge >= 0.3 is 0 Å². The van der Waals surface area contributed by atoms with E-state index in [4.69, 9.17) is 4.74 Å². The van der Waals surface area contributed by atoms with Crippen molar-refractivity contribution in [2.45, 2.75) is 18.9 Å². The molecule has 0 fully saturated rings. The fraction of sp³-hybridized carbons (Fsp3) is 0.172. The summed E-state index contributed by atoms with van der Waals surface area (Å²) < 4.78 is 36.8. The van der Waals surface area contributed by atoms with Gasteiger partial charge in [-0.05, 0) is 65.3 Å². The van der Waals surface area contributed by atoms with Crippen LogP contribution in [0.3, 0.4) is 0 Å². The van der Waals surface area contributed by atoms with Crippen molar-refractivity contribution in [3.05, 3.63) is 117 Å². The summed E-state index contributed by atoms with van der Waals surface area (Å²) in [5, 5.41) is 4.32. The predicted molar refractivity (Wildman–Crippen MR) is 133 cm³/mol. The lowest BCUT2D eigenvalue weighted by Gasteiger charge is -2.16. The molecule has 0 saturated carbocycles. The number of methoxy groups -OCH3 is 1. The third kappa shape index (κ3) is 5.89. The monoisotopic (exact) mass is 483 g/mol. The van der Waals surface area contributed by atoms with Gasteiger partial charge < -0.3 is 9.30 Å². The van der Waals surface area contributed by atoms with Gasteiger partial charge in [0.15, 0.2) is 0 Å². The molecule has 7 heteroatoms. The van der Waals surface area contributed by atoms with E-state index < -0.39 is 17.6 Å². The molecule has 2 aromatic heterocycles. The predicted octanol–water partition coefficient (Wildman–Crippen LogP) is 4.49. The smallest absolute Gasteiger partial charge is 0.254 e. The normalized spacial score (nSPS) is 11.1. The highest BCUT2D eigenvalue weighted by Crippen LogP contribution is 2.28. The molecule has 0 aliphatic carbocycles. The average molecular weight is 484 g/mol. The van der Waals surface area contributed by atoms with Gasteiger partial charge in [-0.3, -0.25) is 9.48 Å². The second-order valence-corrected chi connectivity index (χ2v) is 8.13. The molecular formula is C29H23F2N3O2. The maximum Gasteiger partial charge on any atom is 0.254 e. The van der Waals surface area contributed by atoms with Crippen molar-refractivity contribution in [1.82, 2.24) is 14.3 Å². The SMILES string of the molecule is COc1ccc(Cn2cc(C#CC#CCC(c3cc(F)ccc3F)c3cccn(C)c3=O)cn2)cc1. The molecule has 180 valence electrons. The number of hydrogen-bond donors (Lipinski definition) is 0. The number of nitrogens with zero attached hydrogens (tertiary/aromatic N) is 3. The molecule has 2 heterocycles. The zero-order valence-electron chi connectivity index (χ0n) is 19.8. The number of aryl methyl sites for hydroxylation is 1. The molecular weight excluding hydrogens is 460 g/mol. The zero-order chi connectivity index (χ0) is 25.5. The van der Waals surface area contributed by atoms with Gasteiger partial charge in [0, 0.05) is 37.3 Å². The van der Waals surface area contributed by atoms with Crippen LogP contribution in [0.5, 0.6) is 5.75 Å². The molecule has 0 bridgehead atoms. The topological polar surface area (TPSA) is 49.0 Å². The minimum Gasteiger partial charge on any atom is -0.497 e. The van der Waals surface area contributed by atoms with Crippen LogP contribution >= 0.6 is 0 Å². The molecule has 0 amide bonds. The number of aromatic nitrogens is 3. The molecule has 0 saturated heterocycles. The second kappa shape index (κ2) is 11.2. The van der Waals surface area contributed by atoms with Crippen LogP contribution in [0, 0.1) is 35.3 Å². The van der Waals surface area contributed by atoms with E-state index in [-0.39, 0.29) is 17.5 Å². The lowest BCUT2D eigenvalue weighted by atomic mass is 9.89. The summed E-state index contributed by atoms with van der Waals surface area (Å²) >= 11 is 0. The summed E-state index contributed by atoms with van der Waals surface area (Å²) in [7, 11) is 3.23. The summed E-state index contributed by atoms with van der Waals surface area (Å²) in [5.74, 6) is 10.3. The van der Waals surface area contributed by atoms with Gasteiger partial charge in [0.25, 0.3) is 5.56 Å². The van der Waals surface area contributed by atoms with Crippen LogP contribution in [0.4, 0.5) is 8.78 Å². The Morgan fingerprint density at radius 2 is 1.86 bits per heavy atom. The molecule has 0 N–H and O–H groups in total. The summed E-state index contributed by atoms with van der Waals surface area (Å²) in [6.45, 7) is 0.588. The van der Waals surface area contributed by atoms with E-state index in [0.29, 0.717) is 17.7 Å². The van der Waals surface area contributed by atoms with Crippen LogP contribution in [-0.2, 0) is 13.6 Å². The van der Waals surface area contributed by atoms with Crippen molar-refractivity contribution in [2.24, 2.45) is 7.05 Å². The molecule has 0 spiro atoms. The maximum absolute atomic E-state index is 14.6. The van der Waals surface area contributed by atoms with Crippen LogP contribution in [0.2, 0.25) is 0 Å². The van der Waals surface area contributed by atoms with Gasteiger partial charge in [-0.2, -0.15) is 5.10 Å². The van der Waals surface area contributed by atoms with E-state index in [0.717, 1.165) is 29.5 Å². The van der Waals surface area contributed by atoms with Gasteiger partial charge in [0.05, 0.1) is 25.4 Å². The molecule has 1 unspecified atom stereocenters. The summed E-state index contributed by atoms with van der Waals surface area (Å²) in [4.78, 5) is 12.7. The summed E-state index contributed by atoms with van der Waals surface area (Å²) in [5.41, 5.74) is 1.90. The van der Waals surface area contributed by atoms with E-state index in [2.05, 4.69) is 28.8 Å². The average Bonchev–Trinajstić information content (AvgIpc) is 3.32. The van der Waals surface area contributed by atoms with Crippen molar-refractivity contribution in [3.8, 4) is 29.4 Å². The molecule has 4 aromatic rings. The second-order valence-electron chi connectivity index (χ2n) is 8.13. The van der Waals surface area contributed by atoms with E-state index in [1.807, 2.05) is 30.5 Å². The molecule has 4 rings (SSSR count). The van der Waals surface area contributed by atoms with Crippen molar-refractivity contribution in [3.63, 3.8) is 0 Å². The number of benzene rings is 2. The molecule has 0 aliphatic heterocycles. The van der Waals surface area contributed by atoms with Gasteiger partial charge in [-0.25, -0.2) is 8.78 Å². The van der Waals surface area contributed by atoms with E-state index in [1.54, 1.807) is 43.4 Å². The highest BCUT2D eigenvalue weighted by Gasteiger charge is 2.21. The first-order valence-corrected chi connectivity index (χ1v) is 11.2. The Bertz CT molecular complexity index is 1550. The number of ether oxygens (including phenoxy) is 1. The third-order valence-corrected chi connectivity index (χ3v) is 5.66. The third-order valence-electron chi connectivity index (χ3n) is 5.66. The van der Waals surface area contributed by atoms with Crippen molar-refractivity contribution in [2.75, 3.05) is 7.11 Å². The Morgan fingerprint density at radius 3 is 2.64 bits per heavy atom. The fourth-order valence-electron chi connectivity index (χ4n) is 3.79. The fourth-order valence-corrected chi connectivity index (χ4v) is 3.79. The van der Waals surface area contributed by atoms with Gasteiger partial charge in [0.1, 0.15) is 17.4 Å². The summed E-state index contributed by atoms with van der Waals surface area (Å²) in [6, 6.07) is 14.2. The highest BCUT2D eigenvalue weighted by atomic mass is 19.1. The molecule has 5 nitrogen and oxygen atoms in total. The van der Waals surface area contributed by atoms with Crippen LogP contribution in [0.15, 0.2) is 78.0 Å².